The highest BCUT2D eigenvalue weighted by Gasteiger charge is 2.17. The normalized spacial score (nSPS) is 10.2. The summed E-state index contributed by atoms with van der Waals surface area (Å²) in [6, 6.07) is 10.1. The van der Waals surface area contributed by atoms with Crippen molar-refractivity contribution in [2.45, 2.75) is 6.54 Å². The standard InChI is InChI=1S/C13H11FN2O3/c14-10-5-6-13(11(7-10)16(17)18)19-12-4-2-1-3-9(12)8-15/h1-7H,8,15H2. The van der Waals surface area contributed by atoms with Gasteiger partial charge in [0.2, 0.25) is 5.75 Å². The van der Waals surface area contributed by atoms with E-state index in [9.17, 15) is 14.5 Å². The molecule has 2 rings (SSSR count). The predicted molar refractivity (Wildman–Crippen MR) is 67.5 cm³/mol. The molecule has 5 nitrogen and oxygen atoms in total. The van der Waals surface area contributed by atoms with Gasteiger partial charge in [-0.2, -0.15) is 0 Å². The molecule has 0 fully saturated rings. The molecule has 0 heterocycles. The minimum Gasteiger partial charge on any atom is -0.450 e. The van der Waals surface area contributed by atoms with Gasteiger partial charge in [0.15, 0.2) is 0 Å². The van der Waals surface area contributed by atoms with Crippen LogP contribution in [0.4, 0.5) is 10.1 Å². The second-order valence-corrected chi connectivity index (χ2v) is 3.78. The van der Waals surface area contributed by atoms with E-state index in [0.29, 0.717) is 11.3 Å². The lowest BCUT2D eigenvalue weighted by Crippen LogP contribution is -2.00. The quantitative estimate of drug-likeness (QED) is 0.678. The van der Waals surface area contributed by atoms with Crippen LogP contribution in [0.15, 0.2) is 42.5 Å². The van der Waals surface area contributed by atoms with E-state index >= 15 is 0 Å². The van der Waals surface area contributed by atoms with Crippen molar-refractivity contribution in [1.29, 1.82) is 0 Å². The van der Waals surface area contributed by atoms with Crippen molar-refractivity contribution < 1.29 is 14.1 Å². The largest absolute Gasteiger partial charge is 0.450 e. The summed E-state index contributed by atoms with van der Waals surface area (Å²) in [5, 5.41) is 10.9. The molecule has 19 heavy (non-hydrogen) atoms. The summed E-state index contributed by atoms with van der Waals surface area (Å²) >= 11 is 0. The van der Waals surface area contributed by atoms with Gasteiger partial charge >= 0.3 is 5.69 Å². The molecule has 0 aliphatic carbocycles. The van der Waals surface area contributed by atoms with E-state index < -0.39 is 16.4 Å². The van der Waals surface area contributed by atoms with E-state index in [4.69, 9.17) is 10.5 Å². The Bertz CT molecular complexity index is 617. The first kappa shape index (κ1) is 13.0. The summed E-state index contributed by atoms with van der Waals surface area (Å²) in [6.07, 6.45) is 0. The topological polar surface area (TPSA) is 78.4 Å². The molecule has 0 radical (unpaired) electrons. The third-order valence-electron chi connectivity index (χ3n) is 2.53. The van der Waals surface area contributed by atoms with Crippen LogP contribution in [0, 0.1) is 15.9 Å². The molecule has 0 saturated heterocycles. The van der Waals surface area contributed by atoms with E-state index in [2.05, 4.69) is 0 Å². The fourth-order valence-corrected chi connectivity index (χ4v) is 1.61. The molecular weight excluding hydrogens is 251 g/mol. The lowest BCUT2D eigenvalue weighted by atomic mass is 10.2. The van der Waals surface area contributed by atoms with Crippen LogP contribution in [0.3, 0.4) is 0 Å². The van der Waals surface area contributed by atoms with Crippen molar-refractivity contribution in [1.82, 2.24) is 0 Å². The Balaban J connectivity index is 2.41. The summed E-state index contributed by atoms with van der Waals surface area (Å²) in [5.41, 5.74) is 5.84. The number of nitro benzene ring substituents is 1. The molecule has 98 valence electrons. The molecule has 0 aliphatic heterocycles. The highest BCUT2D eigenvalue weighted by Crippen LogP contribution is 2.33. The molecule has 0 aliphatic rings. The molecule has 0 bridgehead atoms. The Hall–Kier alpha value is -2.47. The molecule has 6 heteroatoms. The van der Waals surface area contributed by atoms with E-state index in [-0.39, 0.29) is 12.3 Å². The van der Waals surface area contributed by atoms with Crippen LogP contribution in [0.1, 0.15) is 5.56 Å². The van der Waals surface area contributed by atoms with Crippen molar-refractivity contribution >= 4 is 5.69 Å². The maximum atomic E-state index is 13.0. The molecular formula is C13H11FN2O3. The highest BCUT2D eigenvalue weighted by atomic mass is 19.1. The summed E-state index contributed by atoms with van der Waals surface area (Å²) < 4.78 is 18.5. The summed E-state index contributed by atoms with van der Waals surface area (Å²) in [4.78, 5) is 10.2. The fraction of sp³-hybridized carbons (Fsp3) is 0.0769. The average Bonchev–Trinajstić information content (AvgIpc) is 2.41. The number of benzene rings is 2. The fourth-order valence-electron chi connectivity index (χ4n) is 1.61. The average molecular weight is 262 g/mol. The maximum Gasteiger partial charge on any atom is 0.314 e. The van der Waals surface area contributed by atoms with Crippen LogP contribution < -0.4 is 10.5 Å². The van der Waals surface area contributed by atoms with Crippen LogP contribution in [0.25, 0.3) is 0 Å². The first-order valence-electron chi connectivity index (χ1n) is 5.51. The van der Waals surface area contributed by atoms with Crippen LogP contribution in [-0.2, 0) is 6.54 Å². The molecule has 2 aromatic carbocycles. The first-order valence-corrected chi connectivity index (χ1v) is 5.51. The van der Waals surface area contributed by atoms with Gasteiger partial charge in [-0.15, -0.1) is 0 Å². The smallest absolute Gasteiger partial charge is 0.314 e. The number of nitrogens with zero attached hydrogens (tertiary/aromatic N) is 1. The van der Waals surface area contributed by atoms with E-state index in [1.54, 1.807) is 24.3 Å². The van der Waals surface area contributed by atoms with Gasteiger partial charge in [-0.1, -0.05) is 18.2 Å². The number of ether oxygens (including phenoxy) is 1. The zero-order valence-corrected chi connectivity index (χ0v) is 9.88. The van der Waals surface area contributed by atoms with Crippen LogP contribution in [0.5, 0.6) is 11.5 Å². The molecule has 2 N–H and O–H groups in total. The van der Waals surface area contributed by atoms with Crippen molar-refractivity contribution in [3.63, 3.8) is 0 Å². The van der Waals surface area contributed by atoms with E-state index in [1.165, 1.54) is 6.07 Å². The van der Waals surface area contributed by atoms with Crippen molar-refractivity contribution in [3.8, 4) is 11.5 Å². The monoisotopic (exact) mass is 262 g/mol. The Morgan fingerprint density at radius 2 is 1.95 bits per heavy atom. The third-order valence-corrected chi connectivity index (χ3v) is 2.53. The lowest BCUT2D eigenvalue weighted by molar-refractivity contribution is -0.385. The zero-order chi connectivity index (χ0) is 13.8. The van der Waals surface area contributed by atoms with E-state index in [1.807, 2.05) is 0 Å². The second-order valence-electron chi connectivity index (χ2n) is 3.78. The van der Waals surface area contributed by atoms with Crippen molar-refractivity contribution in [2.75, 3.05) is 0 Å². The zero-order valence-electron chi connectivity index (χ0n) is 9.88. The van der Waals surface area contributed by atoms with Gasteiger partial charge < -0.3 is 10.5 Å². The number of nitro groups is 1. The van der Waals surface area contributed by atoms with Gasteiger partial charge in [-0.05, 0) is 18.2 Å². The molecule has 0 aromatic heterocycles. The summed E-state index contributed by atoms with van der Waals surface area (Å²) in [7, 11) is 0. The van der Waals surface area contributed by atoms with Crippen LogP contribution in [0.2, 0.25) is 0 Å². The van der Waals surface area contributed by atoms with Crippen LogP contribution >= 0.6 is 0 Å². The van der Waals surface area contributed by atoms with Gasteiger partial charge in [0.25, 0.3) is 0 Å². The molecule has 0 amide bonds. The van der Waals surface area contributed by atoms with Crippen molar-refractivity contribution in [2.24, 2.45) is 5.73 Å². The van der Waals surface area contributed by atoms with Crippen LogP contribution in [-0.4, -0.2) is 4.92 Å². The van der Waals surface area contributed by atoms with Gasteiger partial charge in [0, 0.05) is 12.1 Å². The second kappa shape index (κ2) is 5.45. The number of hydrogen-bond acceptors (Lipinski definition) is 4. The Labute approximate surface area is 108 Å². The Morgan fingerprint density at radius 1 is 1.21 bits per heavy atom. The maximum absolute atomic E-state index is 13.0. The highest BCUT2D eigenvalue weighted by molar-refractivity contribution is 5.49. The molecule has 0 atom stereocenters. The number of para-hydroxylation sites is 1. The summed E-state index contributed by atoms with van der Waals surface area (Å²) in [5.74, 6) is -0.293. The number of hydrogen-bond donors (Lipinski definition) is 1. The van der Waals surface area contributed by atoms with E-state index in [0.717, 1.165) is 12.1 Å². The summed E-state index contributed by atoms with van der Waals surface area (Å²) in [6.45, 7) is 0.241. The van der Waals surface area contributed by atoms with Gasteiger partial charge in [-0.25, -0.2) is 4.39 Å². The number of nitrogens with two attached hydrogens (primary N) is 1. The number of halogens is 1. The Morgan fingerprint density at radius 3 is 2.63 bits per heavy atom. The first-order chi connectivity index (χ1) is 9.11. The van der Waals surface area contributed by atoms with Gasteiger partial charge in [0.1, 0.15) is 11.6 Å². The molecule has 0 spiro atoms. The molecule has 2 aromatic rings. The third kappa shape index (κ3) is 2.86. The minimum atomic E-state index is -0.691. The lowest BCUT2D eigenvalue weighted by Gasteiger charge is -2.09. The Kier molecular flexibility index (Phi) is 3.72. The number of rotatable bonds is 4. The minimum absolute atomic E-state index is 0.0210. The van der Waals surface area contributed by atoms with Crippen molar-refractivity contribution in [3.05, 3.63) is 64.0 Å². The van der Waals surface area contributed by atoms with Gasteiger partial charge in [0.05, 0.1) is 11.0 Å². The SMILES string of the molecule is NCc1ccccc1Oc1ccc(F)cc1[N+](=O)[O-]. The van der Waals surface area contributed by atoms with Gasteiger partial charge in [-0.3, -0.25) is 10.1 Å². The molecule has 0 unspecified atom stereocenters. The predicted octanol–water partition coefficient (Wildman–Crippen LogP) is 2.98. The molecule has 0 saturated carbocycles.